The molecule has 170 valence electrons. The smallest absolute Gasteiger partial charge is 0.246 e. The van der Waals surface area contributed by atoms with Crippen LogP contribution in [0.3, 0.4) is 0 Å². The van der Waals surface area contributed by atoms with E-state index in [0.717, 1.165) is 24.9 Å². The summed E-state index contributed by atoms with van der Waals surface area (Å²) >= 11 is 11.9. The van der Waals surface area contributed by atoms with Crippen molar-refractivity contribution in [1.82, 2.24) is 14.7 Å². The monoisotopic (exact) mass is 469 g/mol. The molecule has 2 unspecified atom stereocenters. The first kappa shape index (κ1) is 24.0. The molecule has 0 spiro atoms. The third-order valence-corrected chi connectivity index (χ3v) is 6.38. The van der Waals surface area contributed by atoms with E-state index >= 15 is 0 Å². The van der Waals surface area contributed by atoms with Crippen molar-refractivity contribution in [2.75, 3.05) is 45.8 Å². The molecule has 0 aromatic heterocycles. The second-order valence-corrected chi connectivity index (χ2v) is 8.95. The van der Waals surface area contributed by atoms with Crippen LogP contribution in [0.15, 0.2) is 24.3 Å². The number of aliphatic hydroxyl groups is 2. The van der Waals surface area contributed by atoms with Crippen molar-refractivity contribution in [3.8, 4) is 0 Å². The number of likely N-dealkylation sites (tertiary alicyclic amines) is 1. The van der Waals surface area contributed by atoms with Gasteiger partial charge in [-0.25, -0.2) is 0 Å². The van der Waals surface area contributed by atoms with Crippen LogP contribution in [0.1, 0.15) is 24.8 Å². The lowest BCUT2D eigenvalue weighted by Gasteiger charge is -2.33. The Labute approximate surface area is 192 Å². The van der Waals surface area contributed by atoms with Crippen LogP contribution in [0, 0.1) is 0 Å². The molecule has 2 heterocycles. The van der Waals surface area contributed by atoms with Crippen molar-refractivity contribution in [3.05, 3.63) is 39.9 Å². The molecule has 31 heavy (non-hydrogen) atoms. The van der Waals surface area contributed by atoms with Gasteiger partial charge in [0, 0.05) is 51.8 Å². The second-order valence-electron chi connectivity index (χ2n) is 8.13. The number of benzene rings is 1. The fraction of sp³-hybridized carbons (Fsp3) is 0.545. The first-order valence-electron chi connectivity index (χ1n) is 10.6. The lowest BCUT2D eigenvalue weighted by molar-refractivity contribution is -0.132. The molecule has 2 atom stereocenters. The van der Waals surface area contributed by atoms with E-state index in [4.69, 9.17) is 23.2 Å². The number of amides is 2. The number of aliphatic hydroxyl groups excluding tert-OH is 2. The number of β-amino-alcohol motifs (C(OH)–C–C–N with tert-alkyl or cyclic N) is 2. The van der Waals surface area contributed by atoms with Crippen molar-refractivity contribution in [1.29, 1.82) is 0 Å². The first-order chi connectivity index (χ1) is 14.8. The average Bonchev–Trinajstić information content (AvgIpc) is 2.90. The van der Waals surface area contributed by atoms with Gasteiger partial charge >= 0.3 is 0 Å². The highest BCUT2D eigenvalue weighted by atomic mass is 35.5. The number of carbonyl (C=O) groups is 2. The van der Waals surface area contributed by atoms with E-state index in [1.807, 2.05) is 4.90 Å². The summed E-state index contributed by atoms with van der Waals surface area (Å²) in [7, 11) is 0. The molecular weight excluding hydrogens is 441 g/mol. The summed E-state index contributed by atoms with van der Waals surface area (Å²) in [6, 6.07) is 5.13. The Kier molecular flexibility index (Phi) is 8.75. The molecule has 3 rings (SSSR count). The highest BCUT2D eigenvalue weighted by Gasteiger charge is 2.26. The minimum absolute atomic E-state index is 0.0681. The van der Waals surface area contributed by atoms with Gasteiger partial charge < -0.3 is 20.0 Å². The van der Waals surface area contributed by atoms with Crippen LogP contribution in [0.25, 0.3) is 6.08 Å². The van der Waals surface area contributed by atoms with Gasteiger partial charge in [-0.15, -0.1) is 0 Å². The van der Waals surface area contributed by atoms with Gasteiger partial charge in [-0.2, -0.15) is 0 Å². The Morgan fingerprint density at radius 3 is 2.71 bits per heavy atom. The van der Waals surface area contributed by atoms with Crippen molar-refractivity contribution in [2.24, 2.45) is 0 Å². The molecule has 7 nitrogen and oxygen atoms in total. The van der Waals surface area contributed by atoms with Crippen LogP contribution in [0.4, 0.5) is 0 Å². The minimum Gasteiger partial charge on any atom is -0.392 e. The maximum Gasteiger partial charge on any atom is 0.246 e. The molecule has 1 aromatic rings. The van der Waals surface area contributed by atoms with E-state index in [9.17, 15) is 19.8 Å². The molecule has 0 saturated carbocycles. The summed E-state index contributed by atoms with van der Waals surface area (Å²) in [5.74, 6) is -0.245. The lowest BCUT2D eigenvalue weighted by atomic mass is 10.1. The number of rotatable bonds is 6. The van der Waals surface area contributed by atoms with Gasteiger partial charge in [-0.1, -0.05) is 29.3 Å². The molecule has 1 aromatic carbocycles. The molecule has 2 aliphatic heterocycles. The maximum absolute atomic E-state index is 12.6. The van der Waals surface area contributed by atoms with E-state index in [-0.39, 0.29) is 30.9 Å². The van der Waals surface area contributed by atoms with Gasteiger partial charge in [0.2, 0.25) is 11.8 Å². The molecule has 0 aliphatic carbocycles. The zero-order valence-electron chi connectivity index (χ0n) is 17.4. The normalized spacial score (nSPS) is 22.1. The molecule has 0 radical (unpaired) electrons. The molecule has 2 amide bonds. The zero-order chi connectivity index (χ0) is 22.4. The van der Waals surface area contributed by atoms with Crippen LogP contribution in [0.2, 0.25) is 10.0 Å². The molecular formula is C22H29Cl2N3O4. The zero-order valence-corrected chi connectivity index (χ0v) is 18.9. The summed E-state index contributed by atoms with van der Waals surface area (Å²) in [6.45, 7) is 3.18. The van der Waals surface area contributed by atoms with Gasteiger partial charge in [-0.05, 0) is 43.2 Å². The van der Waals surface area contributed by atoms with E-state index in [1.165, 1.54) is 6.08 Å². The Hall–Kier alpha value is -1.64. The summed E-state index contributed by atoms with van der Waals surface area (Å²) in [5, 5.41) is 21.1. The maximum atomic E-state index is 12.6. The van der Waals surface area contributed by atoms with Gasteiger partial charge in [0.25, 0.3) is 0 Å². The standard InChI is InChI=1S/C22H29Cl2N3O4/c23-19-5-3-16(12-20(19)24)4-6-21(30)26-9-7-22(31)27(11-10-26)15-18(29)14-25-8-1-2-17(28)13-25/h3-6,12,17-18,28-29H,1-2,7-11,13-15H2. The molecule has 0 bridgehead atoms. The summed E-state index contributed by atoms with van der Waals surface area (Å²) in [4.78, 5) is 30.4. The van der Waals surface area contributed by atoms with Crippen molar-refractivity contribution >= 4 is 41.1 Å². The van der Waals surface area contributed by atoms with Crippen LogP contribution >= 0.6 is 23.2 Å². The number of carbonyl (C=O) groups excluding carboxylic acids is 2. The van der Waals surface area contributed by atoms with E-state index < -0.39 is 6.10 Å². The minimum atomic E-state index is -0.689. The molecule has 2 aliphatic rings. The highest BCUT2D eigenvalue weighted by Crippen LogP contribution is 2.23. The third-order valence-electron chi connectivity index (χ3n) is 5.64. The number of hydrogen-bond donors (Lipinski definition) is 2. The topological polar surface area (TPSA) is 84.3 Å². The van der Waals surface area contributed by atoms with Crippen LogP contribution in [0.5, 0.6) is 0 Å². The summed E-state index contributed by atoms with van der Waals surface area (Å²) < 4.78 is 0. The Morgan fingerprint density at radius 1 is 1.16 bits per heavy atom. The quantitative estimate of drug-likeness (QED) is 0.621. The Morgan fingerprint density at radius 2 is 1.97 bits per heavy atom. The molecule has 9 heteroatoms. The highest BCUT2D eigenvalue weighted by molar-refractivity contribution is 6.42. The molecule has 2 N–H and O–H groups in total. The van der Waals surface area contributed by atoms with Gasteiger partial charge in [-0.3, -0.25) is 14.5 Å². The number of nitrogens with zero attached hydrogens (tertiary/aromatic N) is 3. The van der Waals surface area contributed by atoms with Crippen molar-refractivity contribution < 1.29 is 19.8 Å². The largest absolute Gasteiger partial charge is 0.392 e. The van der Waals surface area contributed by atoms with Crippen molar-refractivity contribution in [3.63, 3.8) is 0 Å². The molecule has 2 fully saturated rings. The summed E-state index contributed by atoms with van der Waals surface area (Å²) in [5.41, 5.74) is 0.765. The van der Waals surface area contributed by atoms with Crippen LogP contribution < -0.4 is 0 Å². The number of halogens is 2. The first-order valence-corrected chi connectivity index (χ1v) is 11.4. The number of hydrogen-bond acceptors (Lipinski definition) is 5. The van der Waals surface area contributed by atoms with Gasteiger partial charge in [0.15, 0.2) is 0 Å². The van der Waals surface area contributed by atoms with E-state index in [2.05, 4.69) is 0 Å². The Balaban J connectivity index is 1.50. The van der Waals surface area contributed by atoms with Crippen LogP contribution in [-0.2, 0) is 9.59 Å². The molecule has 2 saturated heterocycles. The van der Waals surface area contributed by atoms with Crippen LogP contribution in [-0.4, -0.2) is 94.7 Å². The average molecular weight is 470 g/mol. The van der Waals surface area contributed by atoms with E-state index in [1.54, 1.807) is 34.1 Å². The predicted octanol–water partition coefficient (Wildman–Crippen LogP) is 1.89. The predicted molar refractivity (Wildman–Crippen MR) is 121 cm³/mol. The van der Waals surface area contributed by atoms with Gasteiger partial charge in [0.05, 0.1) is 22.3 Å². The van der Waals surface area contributed by atoms with Crippen molar-refractivity contribution in [2.45, 2.75) is 31.5 Å². The lowest BCUT2D eigenvalue weighted by Crippen LogP contribution is -2.47. The fourth-order valence-electron chi connectivity index (χ4n) is 3.98. The second kappa shape index (κ2) is 11.3. The third kappa shape index (κ3) is 7.19. The fourth-order valence-corrected chi connectivity index (χ4v) is 4.28. The number of piperidine rings is 1. The SMILES string of the molecule is O=C(C=Cc1ccc(Cl)c(Cl)c1)N1CCC(=O)N(CC(O)CN2CCCC(O)C2)CC1. The van der Waals surface area contributed by atoms with Gasteiger partial charge in [0.1, 0.15) is 0 Å². The summed E-state index contributed by atoms with van der Waals surface area (Å²) in [6.07, 6.45) is 4.02. The Bertz CT molecular complexity index is 820. The van der Waals surface area contributed by atoms with E-state index in [0.29, 0.717) is 42.8 Å².